The summed E-state index contributed by atoms with van der Waals surface area (Å²) in [4.78, 5) is 4.10. The molecule has 7 heteroatoms. The lowest BCUT2D eigenvalue weighted by Crippen LogP contribution is -2.40. The number of nitrogens with zero attached hydrogens (tertiary/aromatic N) is 1. The van der Waals surface area contributed by atoms with E-state index in [1.165, 1.54) is 6.07 Å². The van der Waals surface area contributed by atoms with Crippen molar-refractivity contribution in [1.29, 1.82) is 0 Å². The molecule has 2 N–H and O–H groups in total. The monoisotopic (exact) mass is 315 g/mol. The fraction of sp³-hybridized carbons (Fsp3) is 0.533. The maximum atomic E-state index is 12.3. The molecule has 0 bridgehead atoms. The summed E-state index contributed by atoms with van der Waals surface area (Å²) in [6.07, 6.45) is 0. The lowest BCUT2D eigenvalue weighted by atomic mass is 10.2. The molecule has 0 aliphatic carbocycles. The van der Waals surface area contributed by atoms with Crippen LogP contribution in [-0.4, -0.2) is 32.3 Å². The highest BCUT2D eigenvalue weighted by Crippen LogP contribution is 2.29. The SMILES string of the molecule is CCOc1cc(CNC(=NC)NC(C)C)ccc1OC(F)F. The van der Waals surface area contributed by atoms with Gasteiger partial charge in [-0.1, -0.05) is 6.07 Å². The van der Waals surface area contributed by atoms with Crippen molar-refractivity contribution in [3.05, 3.63) is 23.8 Å². The molecule has 124 valence electrons. The van der Waals surface area contributed by atoms with Crippen molar-refractivity contribution >= 4 is 5.96 Å². The number of hydrogen-bond donors (Lipinski definition) is 2. The zero-order valence-electron chi connectivity index (χ0n) is 13.3. The summed E-state index contributed by atoms with van der Waals surface area (Å²) in [5.41, 5.74) is 0.872. The van der Waals surface area contributed by atoms with E-state index < -0.39 is 6.61 Å². The number of aliphatic imine (C=N–C) groups is 1. The predicted octanol–water partition coefficient (Wildman–Crippen LogP) is 2.76. The van der Waals surface area contributed by atoms with Gasteiger partial charge in [-0.05, 0) is 38.5 Å². The molecule has 0 fully saturated rings. The Morgan fingerprint density at radius 1 is 1.27 bits per heavy atom. The smallest absolute Gasteiger partial charge is 0.387 e. The Bertz CT molecular complexity index is 494. The first-order valence-electron chi connectivity index (χ1n) is 7.14. The average Bonchev–Trinajstić information content (AvgIpc) is 2.45. The highest BCUT2D eigenvalue weighted by Gasteiger charge is 2.11. The van der Waals surface area contributed by atoms with Crippen molar-refractivity contribution in [1.82, 2.24) is 10.6 Å². The van der Waals surface area contributed by atoms with E-state index in [-0.39, 0.29) is 11.8 Å². The Morgan fingerprint density at radius 3 is 2.55 bits per heavy atom. The van der Waals surface area contributed by atoms with Gasteiger partial charge < -0.3 is 20.1 Å². The minimum absolute atomic E-state index is 0.0327. The van der Waals surface area contributed by atoms with Crippen LogP contribution in [0.3, 0.4) is 0 Å². The molecule has 1 aromatic carbocycles. The number of rotatable bonds is 7. The largest absolute Gasteiger partial charge is 0.490 e. The van der Waals surface area contributed by atoms with Gasteiger partial charge in [0.2, 0.25) is 0 Å². The van der Waals surface area contributed by atoms with Crippen LogP contribution in [0.25, 0.3) is 0 Å². The van der Waals surface area contributed by atoms with Gasteiger partial charge in [0.05, 0.1) is 6.61 Å². The lowest BCUT2D eigenvalue weighted by Gasteiger charge is -2.16. The van der Waals surface area contributed by atoms with Gasteiger partial charge in [0.15, 0.2) is 17.5 Å². The summed E-state index contributed by atoms with van der Waals surface area (Å²) in [5, 5.41) is 6.30. The van der Waals surface area contributed by atoms with Gasteiger partial charge in [0, 0.05) is 19.6 Å². The molecule has 5 nitrogen and oxygen atoms in total. The number of benzene rings is 1. The van der Waals surface area contributed by atoms with E-state index in [0.29, 0.717) is 24.9 Å². The quantitative estimate of drug-likeness (QED) is 0.600. The Kier molecular flexibility index (Phi) is 7.42. The van der Waals surface area contributed by atoms with Crippen LogP contribution in [0, 0.1) is 0 Å². The molecule has 0 radical (unpaired) electrons. The highest BCUT2D eigenvalue weighted by molar-refractivity contribution is 5.79. The number of halogens is 2. The second kappa shape index (κ2) is 9.07. The third-order valence-corrected chi connectivity index (χ3v) is 2.63. The molecule has 0 saturated heterocycles. The minimum Gasteiger partial charge on any atom is -0.490 e. The number of alkyl halides is 2. The van der Waals surface area contributed by atoms with Crippen LogP contribution in [-0.2, 0) is 6.54 Å². The first-order valence-corrected chi connectivity index (χ1v) is 7.14. The second-order valence-corrected chi connectivity index (χ2v) is 4.82. The first kappa shape index (κ1) is 18.0. The van der Waals surface area contributed by atoms with Crippen molar-refractivity contribution in [3.63, 3.8) is 0 Å². The van der Waals surface area contributed by atoms with Crippen LogP contribution < -0.4 is 20.1 Å². The van der Waals surface area contributed by atoms with Crippen LogP contribution in [0.5, 0.6) is 11.5 Å². The predicted molar refractivity (Wildman–Crippen MR) is 82.7 cm³/mol. The molecule has 0 unspecified atom stereocenters. The number of guanidine groups is 1. The molecule has 0 saturated carbocycles. The summed E-state index contributed by atoms with van der Waals surface area (Å²) in [6.45, 7) is 3.78. The normalized spacial score (nSPS) is 11.7. The lowest BCUT2D eigenvalue weighted by molar-refractivity contribution is -0.0514. The molecule has 22 heavy (non-hydrogen) atoms. The van der Waals surface area contributed by atoms with Crippen LogP contribution in [0.15, 0.2) is 23.2 Å². The van der Waals surface area contributed by atoms with Crippen molar-refractivity contribution < 1.29 is 18.3 Å². The van der Waals surface area contributed by atoms with Crippen molar-refractivity contribution in [2.24, 2.45) is 4.99 Å². The Balaban J connectivity index is 2.77. The Morgan fingerprint density at radius 2 is 2.00 bits per heavy atom. The third kappa shape index (κ3) is 6.15. The summed E-state index contributed by atoms with van der Waals surface area (Å²) in [5.74, 6) is 1.00. The molecular formula is C15H23F2N3O2. The van der Waals surface area contributed by atoms with E-state index in [2.05, 4.69) is 20.4 Å². The minimum atomic E-state index is -2.88. The van der Waals surface area contributed by atoms with E-state index in [9.17, 15) is 8.78 Å². The van der Waals surface area contributed by atoms with Crippen LogP contribution >= 0.6 is 0 Å². The number of ether oxygens (including phenoxy) is 2. The Labute approximate surface area is 129 Å². The molecule has 0 amide bonds. The maximum absolute atomic E-state index is 12.3. The standard InChI is InChI=1S/C15H23F2N3O2/c1-5-21-13-8-11(6-7-12(13)22-14(16)17)9-19-15(18-4)20-10(2)3/h6-8,10,14H,5,9H2,1-4H3,(H2,18,19,20). The summed E-state index contributed by atoms with van der Waals surface area (Å²) in [7, 11) is 1.68. The van der Waals surface area contributed by atoms with Gasteiger partial charge in [0.1, 0.15) is 0 Å². The molecule has 0 atom stereocenters. The van der Waals surface area contributed by atoms with Gasteiger partial charge in [-0.15, -0.1) is 0 Å². The molecule has 0 heterocycles. The van der Waals surface area contributed by atoms with Gasteiger partial charge >= 0.3 is 6.61 Å². The molecule has 0 aliphatic heterocycles. The summed E-state index contributed by atoms with van der Waals surface area (Å²) < 4.78 is 34.5. The van der Waals surface area contributed by atoms with Gasteiger partial charge in [-0.3, -0.25) is 4.99 Å². The van der Waals surface area contributed by atoms with Crippen molar-refractivity contribution in [3.8, 4) is 11.5 Å². The van der Waals surface area contributed by atoms with E-state index in [0.717, 1.165) is 5.56 Å². The molecule has 0 aliphatic rings. The highest BCUT2D eigenvalue weighted by atomic mass is 19.3. The zero-order chi connectivity index (χ0) is 16.5. The molecule has 1 aromatic rings. The topological polar surface area (TPSA) is 54.9 Å². The van der Waals surface area contributed by atoms with E-state index in [4.69, 9.17) is 4.74 Å². The average molecular weight is 315 g/mol. The van der Waals surface area contributed by atoms with Crippen molar-refractivity contribution in [2.45, 2.75) is 40.0 Å². The summed E-state index contributed by atoms with van der Waals surface area (Å²) in [6, 6.07) is 5.12. The van der Waals surface area contributed by atoms with Crippen LogP contribution in [0.2, 0.25) is 0 Å². The number of nitrogens with one attached hydrogen (secondary N) is 2. The second-order valence-electron chi connectivity index (χ2n) is 4.82. The van der Waals surface area contributed by atoms with E-state index >= 15 is 0 Å². The van der Waals surface area contributed by atoms with Crippen LogP contribution in [0.1, 0.15) is 26.3 Å². The molecular weight excluding hydrogens is 292 g/mol. The van der Waals surface area contributed by atoms with Gasteiger partial charge in [-0.2, -0.15) is 8.78 Å². The summed E-state index contributed by atoms with van der Waals surface area (Å²) >= 11 is 0. The number of hydrogen-bond acceptors (Lipinski definition) is 3. The first-order chi connectivity index (χ1) is 10.5. The fourth-order valence-corrected chi connectivity index (χ4v) is 1.78. The molecule has 0 spiro atoms. The Hall–Kier alpha value is -2.05. The van der Waals surface area contributed by atoms with Gasteiger partial charge in [-0.25, -0.2) is 0 Å². The van der Waals surface area contributed by atoms with E-state index in [1.807, 2.05) is 13.8 Å². The fourth-order valence-electron chi connectivity index (χ4n) is 1.78. The zero-order valence-corrected chi connectivity index (χ0v) is 13.3. The third-order valence-electron chi connectivity index (χ3n) is 2.63. The van der Waals surface area contributed by atoms with Crippen LogP contribution in [0.4, 0.5) is 8.78 Å². The molecule has 0 aromatic heterocycles. The molecule has 1 rings (SSSR count). The maximum Gasteiger partial charge on any atom is 0.387 e. The van der Waals surface area contributed by atoms with Gasteiger partial charge in [0.25, 0.3) is 0 Å². The van der Waals surface area contributed by atoms with E-state index in [1.54, 1.807) is 26.1 Å². The van der Waals surface area contributed by atoms with Crippen molar-refractivity contribution in [2.75, 3.05) is 13.7 Å².